The van der Waals surface area contributed by atoms with Crippen molar-refractivity contribution in [3.8, 4) is 0 Å². The van der Waals surface area contributed by atoms with E-state index in [4.69, 9.17) is 0 Å². The molecule has 0 spiro atoms. The number of ketones is 1. The van der Waals surface area contributed by atoms with Gasteiger partial charge in [-0.3, -0.25) is 9.59 Å². The number of aryl methyl sites for hydroxylation is 1. The Hall–Kier alpha value is -1.64. The zero-order chi connectivity index (χ0) is 11.8. The van der Waals surface area contributed by atoms with Gasteiger partial charge in [-0.25, -0.2) is 0 Å². The van der Waals surface area contributed by atoms with Crippen LogP contribution in [0.15, 0.2) is 24.3 Å². The number of amides is 1. The van der Waals surface area contributed by atoms with Crippen LogP contribution in [-0.2, 0) is 9.59 Å². The molecule has 0 aliphatic heterocycles. The van der Waals surface area contributed by atoms with Crippen LogP contribution in [0, 0.1) is 12.3 Å². The summed E-state index contributed by atoms with van der Waals surface area (Å²) in [5.74, 6) is -0.187. The van der Waals surface area contributed by atoms with Gasteiger partial charge in [-0.05, 0) is 38.3 Å². The van der Waals surface area contributed by atoms with Crippen molar-refractivity contribution in [2.24, 2.45) is 5.41 Å². The van der Waals surface area contributed by atoms with E-state index in [2.05, 4.69) is 5.32 Å². The SMILES string of the molecule is CC(=O)C1(C(=O)Nc2ccccc2C)CC1. The van der Waals surface area contributed by atoms with E-state index in [0.717, 1.165) is 11.3 Å². The van der Waals surface area contributed by atoms with E-state index in [-0.39, 0.29) is 11.7 Å². The monoisotopic (exact) mass is 217 g/mol. The predicted molar refractivity (Wildman–Crippen MR) is 62.2 cm³/mol. The van der Waals surface area contributed by atoms with Crippen molar-refractivity contribution >= 4 is 17.4 Å². The molecule has 3 nitrogen and oxygen atoms in total. The molecule has 0 bridgehead atoms. The normalized spacial score (nSPS) is 16.6. The fourth-order valence-corrected chi connectivity index (χ4v) is 1.82. The molecule has 0 unspecified atom stereocenters. The fraction of sp³-hybridized carbons (Fsp3) is 0.385. The summed E-state index contributed by atoms with van der Waals surface area (Å²) in [6.45, 7) is 3.42. The summed E-state index contributed by atoms with van der Waals surface area (Å²) in [6.07, 6.45) is 1.36. The van der Waals surface area contributed by atoms with E-state index >= 15 is 0 Å². The van der Waals surface area contributed by atoms with E-state index in [1.165, 1.54) is 6.92 Å². The largest absolute Gasteiger partial charge is 0.325 e. The minimum Gasteiger partial charge on any atom is -0.325 e. The van der Waals surface area contributed by atoms with Gasteiger partial charge in [0.25, 0.3) is 0 Å². The number of rotatable bonds is 3. The first-order valence-corrected chi connectivity index (χ1v) is 5.44. The highest BCUT2D eigenvalue weighted by Crippen LogP contribution is 2.47. The smallest absolute Gasteiger partial charge is 0.238 e. The molecular weight excluding hydrogens is 202 g/mol. The summed E-state index contributed by atoms with van der Waals surface area (Å²) in [4.78, 5) is 23.3. The second-order valence-corrected chi connectivity index (χ2v) is 4.41. The van der Waals surface area contributed by atoms with Gasteiger partial charge in [0.05, 0.1) is 0 Å². The Morgan fingerprint density at radius 1 is 1.25 bits per heavy atom. The number of Topliss-reactive ketones (excluding diaryl/α,β-unsaturated/α-hetero) is 1. The zero-order valence-corrected chi connectivity index (χ0v) is 9.54. The van der Waals surface area contributed by atoms with Gasteiger partial charge in [-0.1, -0.05) is 18.2 Å². The molecule has 1 N–H and O–H groups in total. The molecule has 0 aromatic heterocycles. The highest BCUT2D eigenvalue weighted by atomic mass is 16.2. The minimum absolute atomic E-state index is 0.0291. The summed E-state index contributed by atoms with van der Waals surface area (Å²) in [5.41, 5.74) is 1.07. The van der Waals surface area contributed by atoms with Crippen molar-refractivity contribution in [3.05, 3.63) is 29.8 Å². The van der Waals surface area contributed by atoms with Crippen LogP contribution in [0.2, 0.25) is 0 Å². The van der Waals surface area contributed by atoms with Crippen LogP contribution >= 0.6 is 0 Å². The number of benzene rings is 1. The van der Waals surface area contributed by atoms with Crippen molar-refractivity contribution in [1.82, 2.24) is 0 Å². The van der Waals surface area contributed by atoms with Gasteiger partial charge >= 0.3 is 0 Å². The van der Waals surface area contributed by atoms with E-state index in [0.29, 0.717) is 12.8 Å². The maximum Gasteiger partial charge on any atom is 0.238 e. The molecule has 84 valence electrons. The molecule has 1 amide bonds. The van der Waals surface area contributed by atoms with Crippen molar-refractivity contribution in [1.29, 1.82) is 0 Å². The third-order valence-corrected chi connectivity index (χ3v) is 3.25. The molecule has 1 aliphatic carbocycles. The van der Waals surface area contributed by atoms with Crippen molar-refractivity contribution in [2.75, 3.05) is 5.32 Å². The van der Waals surface area contributed by atoms with Crippen LogP contribution in [0.5, 0.6) is 0 Å². The van der Waals surface area contributed by atoms with E-state index < -0.39 is 5.41 Å². The predicted octanol–water partition coefficient (Wildman–Crippen LogP) is 2.30. The maximum atomic E-state index is 12.0. The lowest BCUT2D eigenvalue weighted by atomic mass is 10.0. The molecule has 16 heavy (non-hydrogen) atoms. The van der Waals surface area contributed by atoms with E-state index in [9.17, 15) is 9.59 Å². The summed E-state index contributed by atoms with van der Waals surface area (Å²) in [5, 5.41) is 2.83. The quantitative estimate of drug-likeness (QED) is 0.790. The molecule has 0 radical (unpaired) electrons. The van der Waals surface area contributed by atoms with E-state index in [1.807, 2.05) is 31.2 Å². The van der Waals surface area contributed by atoms with Crippen LogP contribution < -0.4 is 5.32 Å². The molecule has 1 aromatic rings. The highest BCUT2D eigenvalue weighted by Gasteiger charge is 2.54. The third-order valence-electron chi connectivity index (χ3n) is 3.25. The van der Waals surface area contributed by atoms with E-state index in [1.54, 1.807) is 0 Å². The Bertz CT molecular complexity index is 447. The third kappa shape index (κ3) is 1.73. The summed E-state index contributed by atoms with van der Waals surface area (Å²) in [7, 11) is 0. The van der Waals surface area contributed by atoms with Crippen molar-refractivity contribution in [2.45, 2.75) is 26.7 Å². The number of carbonyl (C=O) groups excluding carboxylic acids is 2. The highest BCUT2D eigenvalue weighted by molar-refractivity contribution is 6.13. The lowest BCUT2D eigenvalue weighted by Gasteiger charge is -2.13. The van der Waals surface area contributed by atoms with Crippen LogP contribution in [0.25, 0.3) is 0 Å². The molecule has 3 heteroatoms. The minimum atomic E-state index is -0.734. The topological polar surface area (TPSA) is 46.2 Å². The fourth-order valence-electron chi connectivity index (χ4n) is 1.82. The molecule has 1 saturated carbocycles. The van der Waals surface area contributed by atoms with Gasteiger partial charge in [0.1, 0.15) is 11.2 Å². The molecular formula is C13H15NO2. The molecule has 1 aliphatic rings. The Morgan fingerprint density at radius 3 is 2.38 bits per heavy atom. The van der Waals surface area contributed by atoms with Crippen LogP contribution in [0.4, 0.5) is 5.69 Å². The van der Waals surface area contributed by atoms with Gasteiger partial charge < -0.3 is 5.32 Å². The second-order valence-electron chi connectivity index (χ2n) is 4.41. The average Bonchev–Trinajstić information content (AvgIpc) is 3.02. The summed E-state index contributed by atoms with van der Waals surface area (Å²) in [6, 6.07) is 7.57. The zero-order valence-electron chi connectivity index (χ0n) is 9.54. The molecule has 0 atom stereocenters. The molecule has 2 rings (SSSR count). The number of carbonyl (C=O) groups is 2. The first-order valence-electron chi connectivity index (χ1n) is 5.44. The Labute approximate surface area is 94.9 Å². The van der Waals surface area contributed by atoms with Crippen molar-refractivity contribution < 1.29 is 9.59 Å². The molecule has 0 saturated heterocycles. The first-order chi connectivity index (χ1) is 7.56. The molecule has 1 fully saturated rings. The van der Waals surface area contributed by atoms with Gasteiger partial charge in [0.15, 0.2) is 0 Å². The van der Waals surface area contributed by atoms with Crippen LogP contribution in [-0.4, -0.2) is 11.7 Å². The van der Waals surface area contributed by atoms with Crippen LogP contribution in [0.3, 0.4) is 0 Å². The first kappa shape index (κ1) is 10.9. The number of anilines is 1. The van der Waals surface area contributed by atoms with Crippen LogP contribution in [0.1, 0.15) is 25.3 Å². The van der Waals surface area contributed by atoms with Gasteiger partial charge in [0.2, 0.25) is 5.91 Å². The number of nitrogens with one attached hydrogen (secondary N) is 1. The summed E-state index contributed by atoms with van der Waals surface area (Å²) < 4.78 is 0. The molecule has 1 aromatic carbocycles. The van der Waals surface area contributed by atoms with Gasteiger partial charge in [-0.15, -0.1) is 0 Å². The Balaban J connectivity index is 2.15. The maximum absolute atomic E-state index is 12.0. The van der Waals surface area contributed by atoms with Gasteiger partial charge in [0, 0.05) is 5.69 Å². The van der Waals surface area contributed by atoms with Gasteiger partial charge in [-0.2, -0.15) is 0 Å². The van der Waals surface area contributed by atoms with Crippen molar-refractivity contribution in [3.63, 3.8) is 0 Å². The Kier molecular flexibility index (Phi) is 2.54. The number of para-hydroxylation sites is 1. The number of hydrogen-bond acceptors (Lipinski definition) is 2. The summed E-state index contributed by atoms with van der Waals surface area (Å²) >= 11 is 0. The second kappa shape index (κ2) is 3.74. The number of hydrogen-bond donors (Lipinski definition) is 1. The standard InChI is InChI=1S/C13H15NO2/c1-9-5-3-4-6-11(9)14-12(16)13(7-8-13)10(2)15/h3-6H,7-8H2,1-2H3,(H,14,16). The molecule has 0 heterocycles. The Morgan fingerprint density at radius 2 is 1.88 bits per heavy atom. The average molecular weight is 217 g/mol. The lowest BCUT2D eigenvalue weighted by Crippen LogP contribution is -2.30. The lowest BCUT2D eigenvalue weighted by molar-refractivity contribution is -0.131.